The number of hydrogen-bond donors (Lipinski definition) is 2. The van der Waals surface area contributed by atoms with Crippen LogP contribution in [0, 0.1) is 0 Å². The van der Waals surface area contributed by atoms with Gasteiger partial charge in [-0.25, -0.2) is 0 Å². The number of nitrogens with one attached hydrogen (secondary N) is 1. The van der Waals surface area contributed by atoms with Gasteiger partial charge in [0, 0.05) is 16.3 Å². The van der Waals surface area contributed by atoms with Crippen molar-refractivity contribution in [2.24, 2.45) is 0 Å². The number of alkyl halides is 3. The van der Waals surface area contributed by atoms with E-state index in [4.69, 9.17) is 16.7 Å². The molecule has 0 saturated carbocycles. The highest BCUT2D eigenvalue weighted by Crippen LogP contribution is 2.33. The molecule has 110 valence electrons. The van der Waals surface area contributed by atoms with Crippen molar-refractivity contribution in [1.29, 1.82) is 0 Å². The SMILES string of the molecule is O=C(Nc1cc(Cl)cc(C(F)(F)F)c1)c1ccc(O)cc1. The van der Waals surface area contributed by atoms with Crippen LogP contribution in [0.1, 0.15) is 15.9 Å². The van der Waals surface area contributed by atoms with Crippen molar-refractivity contribution in [1.82, 2.24) is 0 Å². The second-order valence-electron chi connectivity index (χ2n) is 4.23. The molecule has 0 fully saturated rings. The number of hydrogen-bond acceptors (Lipinski definition) is 2. The van der Waals surface area contributed by atoms with Crippen molar-refractivity contribution in [3.63, 3.8) is 0 Å². The van der Waals surface area contributed by atoms with Gasteiger partial charge in [0.25, 0.3) is 5.91 Å². The molecule has 2 aromatic rings. The summed E-state index contributed by atoms with van der Waals surface area (Å²) in [6, 6.07) is 8.08. The molecule has 7 heteroatoms. The van der Waals surface area contributed by atoms with E-state index in [0.717, 1.165) is 12.1 Å². The van der Waals surface area contributed by atoms with E-state index in [0.29, 0.717) is 0 Å². The number of phenols is 1. The number of rotatable bonds is 2. The molecule has 2 aromatic carbocycles. The van der Waals surface area contributed by atoms with Crippen molar-refractivity contribution in [2.45, 2.75) is 6.18 Å². The summed E-state index contributed by atoms with van der Waals surface area (Å²) in [6.07, 6.45) is -4.55. The van der Waals surface area contributed by atoms with Crippen LogP contribution < -0.4 is 5.32 Å². The third-order valence-corrected chi connectivity index (χ3v) is 2.83. The predicted molar refractivity (Wildman–Crippen MR) is 72.5 cm³/mol. The molecule has 0 aliphatic carbocycles. The largest absolute Gasteiger partial charge is 0.508 e. The first-order chi connectivity index (χ1) is 9.75. The number of aromatic hydroxyl groups is 1. The van der Waals surface area contributed by atoms with Gasteiger partial charge in [0.1, 0.15) is 5.75 Å². The minimum absolute atomic E-state index is 0.0198. The molecular weight excluding hydrogens is 307 g/mol. The van der Waals surface area contributed by atoms with Crippen molar-refractivity contribution in [3.05, 3.63) is 58.6 Å². The first-order valence-corrected chi connectivity index (χ1v) is 6.12. The molecule has 0 bridgehead atoms. The number of benzene rings is 2. The monoisotopic (exact) mass is 315 g/mol. The highest BCUT2D eigenvalue weighted by molar-refractivity contribution is 6.31. The first-order valence-electron chi connectivity index (χ1n) is 5.74. The minimum atomic E-state index is -4.55. The Hall–Kier alpha value is -2.21. The maximum atomic E-state index is 12.7. The van der Waals surface area contributed by atoms with Crippen LogP contribution in [0.5, 0.6) is 5.75 Å². The van der Waals surface area contributed by atoms with Crippen molar-refractivity contribution >= 4 is 23.2 Å². The lowest BCUT2D eigenvalue weighted by Gasteiger charge is -2.11. The molecule has 0 aromatic heterocycles. The Balaban J connectivity index is 2.25. The fraction of sp³-hybridized carbons (Fsp3) is 0.0714. The van der Waals surface area contributed by atoms with E-state index in [2.05, 4.69) is 5.32 Å². The number of amides is 1. The fourth-order valence-electron chi connectivity index (χ4n) is 1.64. The van der Waals surface area contributed by atoms with Crippen LogP contribution in [0.15, 0.2) is 42.5 Å². The first kappa shape index (κ1) is 15.2. The number of phenolic OH excluding ortho intramolecular Hbond substituents is 1. The Labute approximate surface area is 123 Å². The molecule has 0 unspecified atom stereocenters. The van der Waals surface area contributed by atoms with Crippen molar-refractivity contribution < 1.29 is 23.1 Å². The number of anilines is 1. The second kappa shape index (κ2) is 5.65. The van der Waals surface area contributed by atoms with Crippen LogP contribution >= 0.6 is 11.6 Å². The van der Waals surface area contributed by atoms with Gasteiger partial charge in [0.2, 0.25) is 0 Å². The molecule has 0 aliphatic rings. The lowest BCUT2D eigenvalue weighted by Crippen LogP contribution is -2.13. The Morgan fingerprint density at radius 1 is 1.10 bits per heavy atom. The summed E-state index contributed by atoms with van der Waals surface area (Å²) in [6.45, 7) is 0. The lowest BCUT2D eigenvalue weighted by molar-refractivity contribution is -0.137. The molecule has 2 N–H and O–H groups in total. The van der Waals surface area contributed by atoms with Crippen LogP contribution in [0.25, 0.3) is 0 Å². The van der Waals surface area contributed by atoms with Gasteiger partial charge in [-0.05, 0) is 42.5 Å². The zero-order valence-corrected chi connectivity index (χ0v) is 11.2. The van der Waals surface area contributed by atoms with E-state index >= 15 is 0 Å². The molecule has 0 aliphatic heterocycles. The Bertz CT molecular complexity index is 669. The molecule has 1 amide bonds. The number of carbonyl (C=O) groups is 1. The minimum Gasteiger partial charge on any atom is -0.508 e. The van der Waals surface area contributed by atoms with E-state index in [1.165, 1.54) is 30.3 Å². The topological polar surface area (TPSA) is 49.3 Å². The summed E-state index contributed by atoms with van der Waals surface area (Å²) in [5.41, 5.74) is -0.815. The zero-order chi connectivity index (χ0) is 15.6. The highest BCUT2D eigenvalue weighted by atomic mass is 35.5. The summed E-state index contributed by atoms with van der Waals surface area (Å²) in [7, 11) is 0. The van der Waals surface area contributed by atoms with Crippen LogP contribution in [-0.4, -0.2) is 11.0 Å². The molecule has 0 atom stereocenters. The van der Waals surface area contributed by atoms with Gasteiger partial charge >= 0.3 is 6.18 Å². The van der Waals surface area contributed by atoms with Crippen molar-refractivity contribution in [2.75, 3.05) is 5.32 Å². The molecule has 0 heterocycles. The van der Waals surface area contributed by atoms with Gasteiger partial charge in [0.15, 0.2) is 0 Å². The number of halogens is 4. The summed E-state index contributed by atoms with van der Waals surface area (Å²) in [4.78, 5) is 11.9. The molecule has 0 spiro atoms. The summed E-state index contributed by atoms with van der Waals surface area (Å²) < 4.78 is 38.0. The highest BCUT2D eigenvalue weighted by Gasteiger charge is 2.31. The second-order valence-corrected chi connectivity index (χ2v) is 4.66. The molecule has 0 saturated heterocycles. The third kappa shape index (κ3) is 3.88. The summed E-state index contributed by atoms with van der Waals surface area (Å²) in [5, 5.41) is 11.3. The van der Waals surface area contributed by atoms with E-state index in [-0.39, 0.29) is 22.0 Å². The average molecular weight is 316 g/mol. The molecule has 21 heavy (non-hydrogen) atoms. The quantitative estimate of drug-likeness (QED) is 0.867. The molecular formula is C14H9ClF3NO2. The summed E-state index contributed by atoms with van der Waals surface area (Å²) >= 11 is 5.62. The van der Waals surface area contributed by atoms with Gasteiger partial charge in [0.05, 0.1) is 5.56 Å². The van der Waals surface area contributed by atoms with Crippen LogP contribution in [0.4, 0.5) is 18.9 Å². The zero-order valence-electron chi connectivity index (χ0n) is 10.4. The number of carbonyl (C=O) groups excluding carboxylic acids is 1. The summed E-state index contributed by atoms with van der Waals surface area (Å²) in [5.74, 6) is -0.626. The van der Waals surface area contributed by atoms with E-state index < -0.39 is 17.6 Å². The Kier molecular flexibility index (Phi) is 4.09. The average Bonchev–Trinajstić information content (AvgIpc) is 2.37. The Morgan fingerprint density at radius 2 is 1.71 bits per heavy atom. The standard InChI is InChI=1S/C14H9ClF3NO2/c15-10-5-9(14(16,17)18)6-11(7-10)19-13(21)8-1-3-12(20)4-2-8/h1-7,20H,(H,19,21). The van der Waals surface area contributed by atoms with Gasteiger partial charge in [-0.15, -0.1) is 0 Å². The molecule has 2 rings (SSSR count). The van der Waals surface area contributed by atoms with E-state index in [1.54, 1.807) is 0 Å². The fourth-order valence-corrected chi connectivity index (χ4v) is 1.88. The van der Waals surface area contributed by atoms with Gasteiger partial charge in [-0.2, -0.15) is 13.2 Å². The van der Waals surface area contributed by atoms with E-state index in [9.17, 15) is 18.0 Å². The smallest absolute Gasteiger partial charge is 0.416 e. The molecule has 3 nitrogen and oxygen atoms in total. The third-order valence-electron chi connectivity index (χ3n) is 2.61. The maximum absolute atomic E-state index is 12.7. The predicted octanol–water partition coefficient (Wildman–Crippen LogP) is 4.32. The van der Waals surface area contributed by atoms with Crippen LogP contribution in [-0.2, 0) is 6.18 Å². The normalized spacial score (nSPS) is 11.2. The molecule has 0 radical (unpaired) electrons. The lowest BCUT2D eigenvalue weighted by atomic mass is 10.1. The van der Waals surface area contributed by atoms with Crippen LogP contribution in [0.3, 0.4) is 0 Å². The Morgan fingerprint density at radius 3 is 2.29 bits per heavy atom. The van der Waals surface area contributed by atoms with Gasteiger partial charge in [-0.1, -0.05) is 11.6 Å². The van der Waals surface area contributed by atoms with Gasteiger partial charge in [-0.3, -0.25) is 4.79 Å². The maximum Gasteiger partial charge on any atom is 0.416 e. The van der Waals surface area contributed by atoms with Crippen LogP contribution in [0.2, 0.25) is 5.02 Å². The van der Waals surface area contributed by atoms with E-state index in [1.807, 2.05) is 0 Å². The van der Waals surface area contributed by atoms with Crippen molar-refractivity contribution in [3.8, 4) is 5.75 Å². The van der Waals surface area contributed by atoms with Gasteiger partial charge < -0.3 is 10.4 Å².